The van der Waals surface area contributed by atoms with Crippen molar-refractivity contribution in [2.45, 2.75) is 33.2 Å². The highest BCUT2D eigenvalue weighted by Crippen LogP contribution is 2.24. The topological polar surface area (TPSA) is 39.7 Å². The number of hydrogen-bond donors (Lipinski definition) is 0. The number of piperazine rings is 1. The van der Waals surface area contributed by atoms with Crippen molar-refractivity contribution < 1.29 is 4.79 Å². The summed E-state index contributed by atoms with van der Waals surface area (Å²) in [6, 6.07) is 5.99. The maximum absolute atomic E-state index is 12.8. The van der Waals surface area contributed by atoms with Gasteiger partial charge in [0.25, 0.3) is 5.91 Å². The van der Waals surface area contributed by atoms with Crippen molar-refractivity contribution >= 4 is 22.4 Å². The Morgan fingerprint density at radius 2 is 1.78 bits per heavy atom. The van der Waals surface area contributed by atoms with Crippen LogP contribution in [0.3, 0.4) is 0 Å². The molecule has 2 aliphatic heterocycles. The summed E-state index contributed by atoms with van der Waals surface area (Å²) in [5.41, 5.74) is 4.39. The van der Waals surface area contributed by atoms with E-state index in [1.54, 1.807) is 11.3 Å². The number of thiazole rings is 1. The molecular weight excluding hydrogens is 356 g/mol. The van der Waals surface area contributed by atoms with E-state index in [0.717, 1.165) is 43.4 Å². The number of hydrogen-bond acceptors (Lipinski definition) is 5. The number of aromatic nitrogens is 1. The van der Waals surface area contributed by atoms with E-state index in [1.165, 1.54) is 42.8 Å². The number of aryl methyl sites for hydroxylation is 2. The van der Waals surface area contributed by atoms with Gasteiger partial charge in [0.15, 0.2) is 5.13 Å². The second-order valence-electron chi connectivity index (χ2n) is 7.68. The molecule has 1 aromatic carbocycles. The van der Waals surface area contributed by atoms with Crippen molar-refractivity contribution in [3.8, 4) is 0 Å². The lowest BCUT2D eigenvalue weighted by atomic mass is 10.1. The van der Waals surface area contributed by atoms with Crippen molar-refractivity contribution in [3.63, 3.8) is 0 Å². The molecule has 144 valence electrons. The summed E-state index contributed by atoms with van der Waals surface area (Å²) in [7, 11) is 0. The molecule has 1 aromatic heterocycles. The molecule has 0 atom stereocenters. The Bertz CT molecular complexity index is 804. The van der Waals surface area contributed by atoms with Crippen molar-refractivity contribution in [2.24, 2.45) is 0 Å². The van der Waals surface area contributed by atoms with Crippen molar-refractivity contribution in [2.75, 3.05) is 44.2 Å². The molecule has 2 aromatic rings. The summed E-state index contributed by atoms with van der Waals surface area (Å²) in [5, 5.41) is 3.29. The van der Waals surface area contributed by atoms with Crippen LogP contribution in [0.4, 0.5) is 5.13 Å². The number of rotatable bonds is 4. The van der Waals surface area contributed by atoms with Crippen LogP contribution in [0.15, 0.2) is 23.6 Å². The van der Waals surface area contributed by atoms with Crippen molar-refractivity contribution in [1.29, 1.82) is 0 Å². The third-order valence-corrected chi connectivity index (χ3v) is 6.67. The zero-order valence-corrected chi connectivity index (χ0v) is 17.1. The molecule has 0 N–H and O–H groups in total. The minimum atomic E-state index is 0.145. The molecule has 1 amide bonds. The number of benzene rings is 1. The van der Waals surface area contributed by atoms with Crippen LogP contribution >= 0.6 is 11.3 Å². The zero-order chi connectivity index (χ0) is 18.8. The lowest BCUT2D eigenvalue weighted by Gasteiger charge is -2.34. The van der Waals surface area contributed by atoms with Gasteiger partial charge in [-0.1, -0.05) is 6.07 Å². The van der Waals surface area contributed by atoms with Crippen LogP contribution in [0.25, 0.3) is 0 Å². The Morgan fingerprint density at radius 1 is 1.04 bits per heavy atom. The summed E-state index contributed by atoms with van der Waals surface area (Å²) in [4.78, 5) is 24.4. The Kier molecular flexibility index (Phi) is 5.45. The first-order chi connectivity index (χ1) is 13.1. The molecule has 0 unspecified atom stereocenters. The minimum Gasteiger partial charge on any atom is -0.345 e. The summed E-state index contributed by atoms with van der Waals surface area (Å²) in [6.07, 6.45) is 2.63. The summed E-state index contributed by atoms with van der Waals surface area (Å²) in [5.74, 6) is 0.145. The van der Waals surface area contributed by atoms with Crippen molar-refractivity contribution in [1.82, 2.24) is 14.8 Å². The molecule has 0 saturated carbocycles. The highest BCUT2D eigenvalue weighted by molar-refractivity contribution is 7.13. The smallest absolute Gasteiger partial charge is 0.253 e. The Labute approximate surface area is 165 Å². The average Bonchev–Trinajstić information content (AvgIpc) is 3.36. The maximum Gasteiger partial charge on any atom is 0.253 e. The van der Waals surface area contributed by atoms with Gasteiger partial charge in [0.1, 0.15) is 0 Å². The average molecular weight is 385 g/mol. The maximum atomic E-state index is 12.8. The molecule has 0 aliphatic carbocycles. The van der Waals surface area contributed by atoms with Gasteiger partial charge >= 0.3 is 0 Å². The number of amides is 1. The SMILES string of the molecule is Cc1ccc(C(=O)N2CCN(c3nc(CN4CCCC4)cs3)CC2)cc1C. The van der Waals surface area contributed by atoms with E-state index >= 15 is 0 Å². The highest BCUT2D eigenvalue weighted by atomic mass is 32.1. The van der Waals surface area contributed by atoms with E-state index in [0.29, 0.717) is 0 Å². The molecule has 5 nitrogen and oxygen atoms in total. The summed E-state index contributed by atoms with van der Waals surface area (Å²) < 4.78 is 0. The molecule has 2 saturated heterocycles. The summed E-state index contributed by atoms with van der Waals surface area (Å²) in [6.45, 7) is 10.7. The molecule has 0 bridgehead atoms. The van der Waals surface area contributed by atoms with E-state index in [4.69, 9.17) is 4.98 Å². The summed E-state index contributed by atoms with van der Waals surface area (Å²) >= 11 is 1.73. The molecule has 0 spiro atoms. The molecule has 2 fully saturated rings. The van der Waals surface area contributed by atoms with Gasteiger partial charge in [0.2, 0.25) is 0 Å². The molecule has 0 radical (unpaired) electrons. The van der Waals surface area contributed by atoms with Gasteiger partial charge in [-0.05, 0) is 63.0 Å². The predicted octanol–water partition coefficient (Wildman–Crippen LogP) is 3.32. The Morgan fingerprint density at radius 3 is 2.48 bits per heavy atom. The van der Waals surface area contributed by atoms with Crippen LogP contribution in [0.5, 0.6) is 0 Å². The second-order valence-corrected chi connectivity index (χ2v) is 8.52. The number of anilines is 1. The standard InChI is InChI=1S/C21H28N4OS/c1-16-5-6-18(13-17(16)2)20(26)24-9-11-25(12-10-24)21-22-19(15-27-21)14-23-7-3-4-8-23/h5-6,13,15H,3-4,7-12,14H2,1-2H3. The van der Waals surface area contributed by atoms with Gasteiger partial charge < -0.3 is 9.80 Å². The normalized spacial score (nSPS) is 18.3. The first kappa shape index (κ1) is 18.4. The number of likely N-dealkylation sites (tertiary alicyclic amines) is 1. The van der Waals surface area contributed by atoms with Gasteiger partial charge in [-0.25, -0.2) is 4.98 Å². The van der Waals surface area contributed by atoms with E-state index in [1.807, 2.05) is 23.1 Å². The molecule has 27 heavy (non-hydrogen) atoms. The Hall–Kier alpha value is -1.92. The van der Waals surface area contributed by atoms with Gasteiger partial charge in [0.05, 0.1) is 5.69 Å². The van der Waals surface area contributed by atoms with E-state index in [2.05, 4.69) is 29.0 Å². The van der Waals surface area contributed by atoms with Gasteiger partial charge in [-0.2, -0.15) is 0 Å². The van der Waals surface area contributed by atoms with Crippen LogP contribution in [0.2, 0.25) is 0 Å². The molecule has 3 heterocycles. The molecular formula is C21H28N4OS. The monoisotopic (exact) mass is 384 g/mol. The first-order valence-corrected chi connectivity index (χ1v) is 10.8. The third kappa shape index (κ3) is 4.17. The third-order valence-electron chi connectivity index (χ3n) is 5.72. The highest BCUT2D eigenvalue weighted by Gasteiger charge is 2.24. The fraction of sp³-hybridized carbons (Fsp3) is 0.524. The fourth-order valence-electron chi connectivity index (χ4n) is 3.84. The minimum absolute atomic E-state index is 0.145. The van der Waals surface area contributed by atoms with Crippen LogP contribution in [0, 0.1) is 13.8 Å². The predicted molar refractivity (Wildman–Crippen MR) is 111 cm³/mol. The van der Waals surface area contributed by atoms with Crippen LogP contribution in [0.1, 0.15) is 40.0 Å². The van der Waals surface area contributed by atoms with Crippen molar-refractivity contribution in [3.05, 3.63) is 46.0 Å². The number of nitrogens with zero attached hydrogens (tertiary/aromatic N) is 4. The quantitative estimate of drug-likeness (QED) is 0.811. The lowest BCUT2D eigenvalue weighted by molar-refractivity contribution is 0.0746. The van der Waals surface area contributed by atoms with Gasteiger partial charge in [-0.15, -0.1) is 11.3 Å². The number of carbonyl (C=O) groups is 1. The molecule has 6 heteroatoms. The number of carbonyl (C=O) groups excluding carboxylic acids is 1. The Balaban J connectivity index is 1.33. The zero-order valence-electron chi connectivity index (χ0n) is 16.3. The van der Waals surface area contributed by atoms with Crippen LogP contribution < -0.4 is 4.90 Å². The van der Waals surface area contributed by atoms with Crippen LogP contribution in [-0.4, -0.2) is 60.0 Å². The molecule has 4 rings (SSSR count). The second kappa shape index (κ2) is 7.98. The van der Waals surface area contributed by atoms with E-state index in [9.17, 15) is 4.79 Å². The lowest BCUT2D eigenvalue weighted by Crippen LogP contribution is -2.48. The largest absolute Gasteiger partial charge is 0.345 e. The van der Waals surface area contributed by atoms with Crippen LogP contribution in [-0.2, 0) is 6.54 Å². The van der Waals surface area contributed by atoms with Gasteiger partial charge in [0, 0.05) is 43.7 Å². The van der Waals surface area contributed by atoms with E-state index in [-0.39, 0.29) is 5.91 Å². The van der Waals surface area contributed by atoms with Gasteiger partial charge in [-0.3, -0.25) is 9.69 Å². The van der Waals surface area contributed by atoms with E-state index < -0.39 is 0 Å². The fourth-order valence-corrected chi connectivity index (χ4v) is 4.71. The first-order valence-electron chi connectivity index (χ1n) is 9.88. The molecule has 2 aliphatic rings.